The van der Waals surface area contributed by atoms with Crippen LogP contribution in [0.15, 0.2) is 59.1 Å². The van der Waals surface area contributed by atoms with Crippen LogP contribution in [0.1, 0.15) is 127 Å². The highest BCUT2D eigenvalue weighted by Gasteiger charge is 2.39. The van der Waals surface area contributed by atoms with Gasteiger partial charge in [0.1, 0.15) is 34.1 Å². The molecule has 0 aliphatic carbocycles. The summed E-state index contributed by atoms with van der Waals surface area (Å²) in [6.45, 7) is 12.8. The Morgan fingerprint density at radius 1 is 0.958 bits per heavy atom. The molecule has 396 valence electrons. The molecule has 22 heteroatoms. The van der Waals surface area contributed by atoms with E-state index in [1.165, 1.54) is 50.9 Å². The van der Waals surface area contributed by atoms with E-state index >= 15 is 0 Å². The summed E-state index contributed by atoms with van der Waals surface area (Å²) in [5.74, 6) is -3.68. The molecule has 7 atom stereocenters. The zero-order valence-electron chi connectivity index (χ0n) is 42.6. The number of benzene rings is 1. The van der Waals surface area contributed by atoms with Crippen molar-refractivity contribution in [3.63, 3.8) is 0 Å². The van der Waals surface area contributed by atoms with Crippen molar-refractivity contribution in [2.75, 3.05) is 32.7 Å². The Kier molecular flexibility index (Phi) is 25.1. The second-order valence-corrected chi connectivity index (χ2v) is 21.6. The van der Waals surface area contributed by atoms with Crippen LogP contribution in [0.3, 0.4) is 0 Å². The maximum atomic E-state index is 14.9. The lowest BCUT2D eigenvalue weighted by Crippen LogP contribution is -2.59. The Labute approximate surface area is 434 Å². The van der Waals surface area contributed by atoms with Crippen molar-refractivity contribution in [2.45, 2.75) is 142 Å². The fourth-order valence-electron chi connectivity index (χ4n) is 8.02. The van der Waals surface area contributed by atoms with Gasteiger partial charge in [0.15, 0.2) is 12.8 Å². The Balaban J connectivity index is 1.51. The van der Waals surface area contributed by atoms with Gasteiger partial charge in [0, 0.05) is 55.1 Å². The summed E-state index contributed by atoms with van der Waals surface area (Å²) in [5, 5.41) is 18.6. The highest BCUT2D eigenvalue weighted by atomic mass is 33.1. The quantitative estimate of drug-likeness (QED) is 0.0129. The van der Waals surface area contributed by atoms with Crippen molar-refractivity contribution in [3.05, 3.63) is 70.3 Å². The molecule has 2 unspecified atom stereocenters. The standard InChI is InChI=1S/C50H72N8O11S3/c1-9-15-43(61)68-30-58(49(65)44(32(5)10-2)54-47(64)39-16-12-14-23-57(39)8)40(31(3)4)28-41(69-34(7)59)48-53-38(29-70-48)46(63)52-36(27-35-18-20-37(60)21-19-35)26-33(6)45(62)55-56-50(66)67-24-25-71-72-42-17-11-13-22-51-42/h11,13,17-22,29,31-33,36,39-41,44,60H,9-10,12,14-16,23-28,30H2,1-8H3,(H,52,63)(H,54,64)(H,55,62)(H,56,66)/t32?,33-,36+,39?,40+,41+,44-/m0/s1. The molecule has 1 saturated heterocycles. The minimum Gasteiger partial charge on any atom is -0.508 e. The SMILES string of the molecule is CCCC(=O)OCN(C(=O)[C@@H](NC(=O)C1CCCCN1C)C(C)CC)[C@H](C[C@@H](OC(C)=O)c1nc(C(=O)N[C@@H](Cc2ccc(O)cc2)C[C@H](C)C(=O)NNC(=O)OCCSSc2ccccn2)cs1)C(C)C. The average Bonchev–Trinajstić information content (AvgIpc) is 3.85. The van der Waals surface area contributed by atoms with E-state index in [-0.39, 0.29) is 66.5 Å². The molecule has 2 aromatic heterocycles. The number of likely N-dealkylation sites (tertiary alicyclic amines) is 1. The molecule has 1 aliphatic rings. The second kappa shape index (κ2) is 30.6. The number of phenolic OH excluding ortho intramolecular Hbond substituents is 1. The highest BCUT2D eigenvalue weighted by molar-refractivity contribution is 8.76. The highest BCUT2D eigenvalue weighted by Crippen LogP contribution is 2.32. The first-order chi connectivity index (χ1) is 34.4. The number of nitrogens with zero attached hydrogens (tertiary/aromatic N) is 4. The molecule has 0 saturated carbocycles. The number of rotatable bonds is 27. The van der Waals surface area contributed by atoms with Crippen molar-refractivity contribution in [1.29, 1.82) is 0 Å². The number of thiazole rings is 1. The number of piperidine rings is 1. The molecule has 1 fully saturated rings. The molecule has 19 nitrogen and oxygen atoms in total. The molecule has 3 aromatic rings. The Bertz CT molecular complexity index is 2220. The van der Waals surface area contributed by atoms with Crippen LogP contribution in [0, 0.1) is 17.8 Å². The Morgan fingerprint density at radius 3 is 2.36 bits per heavy atom. The summed E-state index contributed by atoms with van der Waals surface area (Å²) >= 11 is 1.08. The molecule has 1 aromatic carbocycles. The lowest BCUT2D eigenvalue weighted by molar-refractivity contribution is -0.160. The topological polar surface area (TPSA) is 248 Å². The predicted molar refractivity (Wildman–Crippen MR) is 276 cm³/mol. The smallest absolute Gasteiger partial charge is 0.426 e. The number of aromatic hydroxyl groups is 1. The Hall–Kier alpha value is -5.45. The minimum absolute atomic E-state index is 0.00993. The summed E-state index contributed by atoms with van der Waals surface area (Å²) in [7, 11) is 4.81. The van der Waals surface area contributed by atoms with E-state index in [1.54, 1.807) is 25.3 Å². The average molecular weight is 1060 g/mol. The molecule has 0 spiro atoms. The number of aromatic nitrogens is 2. The van der Waals surface area contributed by atoms with Gasteiger partial charge in [-0.3, -0.25) is 39.1 Å². The van der Waals surface area contributed by atoms with E-state index in [0.717, 1.165) is 41.3 Å². The molecule has 72 heavy (non-hydrogen) atoms. The van der Waals surface area contributed by atoms with Gasteiger partial charge in [-0.1, -0.05) is 83.4 Å². The van der Waals surface area contributed by atoms with Gasteiger partial charge in [0.2, 0.25) is 17.7 Å². The number of ether oxygens (including phenoxy) is 3. The summed E-state index contributed by atoms with van der Waals surface area (Å²) in [4.78, 5) is 106. The molecule has 5 amide bonds. The van der Waals surface area contributed by atoms with Gasteiger partial charge in [-0.05, 0) is 98.2 Å². The first kappa shape index (κ1) is 59.1. The predicted octanol–water partition coefficient (Wildman–Crippen LogP) is 6.97. The van der Waals surface area contributed by atoms with Crippen LogP contribution in [-0.2, 0) is 44.6 Å². The van der Waals surface area contributed by atoms with Gasteiger partial charge in [0.25, 0.3) is 5.91 Å². The monoisotopic (exact) mass is 1060 g/mol. The van der Waals surface area contributed by atoms with Crippen molar-refractivity contribution in [1.82, 2.24) is 41.3 Å². The fraction of sp³-hybridized carbons (Fsp3) is 0.580. The molecular weight excluding hydrogens is 985 g/mol. The molecule has 0 radical (unpaired) electrons. The van der Waals surface area contributed by atoms with Crippen molar-refractivity contribution >= 4 is 74.6 Å². The molecular formula is C50H72N8O11S3. The molecule has 4 rings (SSSR count). The van der Waals surface area contributed by atoms with Crippen LogP contribution in [-0.4, -0.2) is 123 Å². The maximum Gasteiger partial charge on any atom is 0.426 e. The van der Waals surface area contributed by atoms with Gasteiger partial charge >= 0.3 is 18.0 Å². The van der Waals surface area contributed by atoms with Crippen LogP contribution in [0.25, 0.3) is 0 Å². The van der Waals surface area contributed by atoms with Crippen LogP contribution < -0.4 is 21.5 Å². The zero-order chi connectivity index (χ0) is 52.7. The second-order valence-electron chi connectivity index (χ2n) is 18.3. The number of likely N-dealkylation sites (N-methyl/N-ethyl adjacent to an activating group) is 1. The fourth-order valence-corrected chi connectivity index (χ4v) is 10.6. The lowest BCUT2D eigenvalue weighted by atomic mass is 9.92. The first-order valence-corrected chi connectivity index (χ1v) is 27.7. The van der Waals surface area contributed by atoms with E-state index in [2.05, 4.69) is 31.5 Å². The normalized spacial score (nSPS) is 16.2. The van der Waals surface area contributed by atoms with Gasteiger partial charge in [-0.15, -0.1) is 11.3 Å². The number of carbonyl (C=O) groups excluding carboxylic acids is 7. The summed E-state index contributed by atoms with van der Waals surface area (Å²) in [6, 6.07) is 9.30. The maximum absolute atomic E-state index is 14.9. The molecule has 3 heterocycles. The van der Waals surface area contributed by atoms with Gasteiger partial charge in [-0.2, -0.15) is 0 Å². The third kappa shape index (κ3) is 19.5. The Morgan fingerprint density at radius 2 is 1.71 bits per heavy atom. The molecule has 0 bridgehead atoms. The van der Waals surface area contributed by atoms with Crippen LogP contribution in [0.4, 0.5) is 4.79 Å². The van der Waals surface area contributed by atoms with Gasteiger partial charge < -0.3 is 34.9 Å². The molecule has 5 N–H and O–H groups in total. The summed E-state index contributed by atoms with van der Waals surface area (Å²) in [5.41, 5.74) is 5.42. The number of nitrogens with one attached hydrogen (secondary N) is 4. The number of esters is 2. The van der Waals surface area contributed by atoms with Gasteiger partial charge in [-0.25, -0.2) is 20.2 Å². The minimum atomic E-state index is -1.05. The largest absolute Gasteiger partial charge is 0.508 e. The number of pyridine rings is 1. The third-order valence-electron chi connectivity index (χ3n) is 12.2. The number of carbonyl (C=O) groups is 7. The van der Waals surface area contributed by atoms with Gasteiger partial charge in [0.05, 0.1) is 6.04 Å². The summed E-state index contributed by atoms with van der Waals surface area (Å²) < 4.78 is 16.7. The zero-order valence-corrected chi connectivity index (χ0v) is 45.0. The number of hydrogen-bond acceptors (Lipinski definition) is 17. The van der Waals surface area contributed by atoms with E-state index in [4.69, 9.17) is 14.2 Å². The van der Waals surface area contributed by atoms with E-state index in [1.807, 2.05) is 64.8 Å². The van der Waals surface area contributed by atoms with Crippen LogP contribution in [0.2, 0.25) is 0 Å². The third-order valence-corrected chi connectivity index (χ3v) is 15.4. The van der Waals surface area contributed by atoms with Crippen molar-refractivity contribution in [2.24, 2.45) is 17.8 Å². The summed E-state index contributed by atoms with van der Waals surface area (Å²) in [6.07, 6.45) is 3.97. The van der Waals surface area contributed by atoms with Crippen LogP contribution >= 0.6 is 32.9 Å². The van der Waals surface area contributed by atoms with Crippen molar-refractivity contribution < 1.29 is 52.9 Å². The number of hydrogen-bond donors (Lipinski definition) is 5. The van der Waals surface area contributed by atoms with Crippen molar-refractivity contribution in [3.8, 4) is 5.75 Å². The molecule has 1 aliphatic heterocycles. The lowest BCUT2D eigenvalue weighted by Gasteiger charge is -2.39. The van der Waals surface area contributed by atoms with Crippen LogP contribution in [0.5, 0.6) is 5.75 Å². The van der Waals surface area contributed by atoms with E-state index in [0.29, 0.717) is 25.0 Å². The van der Waals surface area contributed by atoms with E-state index < -0.39 is 78.7 Å². The number of amides is 5. The number of hydrazine groups is 1. The first-order valence-electron chi connectivity index (χ1n) is 24.5. The number of phenols is 1. The van der Waals surface area contributed by atoms with E-state index in [9.17, 15) is 38.7 Å².